The van der Waals surface area contributed by atoms with Crippen LogP contribution in [0.25, 0.3) is 16.9 Å². The van der Waals surface area contributed by atoms with Crippen LogP contribution in [0.5, 0.6) is 5.75 Å². The number of nitrogens with zero attached hydrogens (tertiary/aromatic N) is 6. The fourth-order valence-electron chi connectivity index (χ4n) is 5.68. The van der Waals surface area contributed by atoms with Gasteiger partial charge in [0, 0.05) is 61.2 Å². The van der Waals surface area contributed by atoms with Gasteiger partial charge < -0.3 is 20.6 Å². The lowest BCUT2D eigenvalue weighted by Crippen LogP contribution is -2.66. The van der Waals surface area contributed by atoms with Crippen molar-refractivity contribution in [1.82, 2.24) is 24.4 Å². The van der Waals surface area contributed by atoms with Gasteiger partial charge in [-0.15, -0.1) is 0 Å². The molecule has 1 saturated heterocycles. The van der Waals surface area contributed by atoms with E-state index in [1.54, 1.807) is 36.8 Å². The third kappa shape index (κ3) is 5.20. The second-order valence-corrected chi connectivity index (χ2v) is 10.8. The summed E-state index contributed by atoms with van der Waals surface area (Å²) in [6.07, 6.45) is 8.24. The van der Waals surface area contributed by atoms with E-state index in [1.165, 1.54) is 16.8 Å². The topological polar surface area (TPSA) is 130 Å². The number of phenolic OH excluding ortho intramolecular Hbond substituents is 1. The first kappa shape index (κ1) is 26.3. The first-order valence-corrected chi connectivity index (χ1v) is 12.4. The molecule has 0 aliphatic carbocycles. The predicted molar refractivity (Wildman–Crippen MR) is 143 cm³/mol. The van der Waals surface area contributed by atoms with E-state index in [0.29, 0.717) is 35.7 Å². The quantitative estimate of drug-likeness (QED) is 0.523. The minimum atomic E-state index is -0.428. The normalized spacial score (nSPS) is 17.0. The number of benzene rings is 1. The van der Waals surface area contributed by atoms with Crippen molar-refractivity contribution < 1.29 is 9.90 Å². The summed E-state index contributed by atoms with van der Waals surface area (Å²) in [4.78, 5) is 41.9. The van der Waals surface area contributed by atoms with Crippen LogP contribution in [-0.4, -0.2) is 66.1 Å². The van der Waals surface area contributed by atoms with Crippen LogP contribution in [0.1, 0.15) is 47.0 Å². The zero-order valence-electron chi connectivity index (χ0n) is 22.0. The van der Waals surface area contributed by atoms with Crippen LogP contribution < -0.4 is 16.3 Å². The van der Waals surface area contributed by atoms with E-state index in [0.717, 1.165) is 12.8 Å². The number of hydrogen-bond donors (Lipinski definition) is 2. The summed E-state index contributed by atoms with van der Waals surface area (Å²) in [6, 6.07) is 6.74. The van der Waals surface area contributed by atoms with Gasteiger partial charge in [0.2, 0.25) is 5.91 Å². The van der Waals surface area contributed by atoms with Crippen molar-refractivity contribution >= 4 is 11.7 Å². The predicted octanol–water partition coefficient (Wildman–Crippen LogP) is 2.73. The maximum absolute atomic E-state index is 12.9. The molecule has 4 rings (SSSR count). The van der Waals surface area contributed by atoms with Gasteiger partial charge in [-0.1, -0.05) is 0 Å². The van der Waals surface area contributed by atoms with Crippen LogP contribution in [0, 0.1) is 0 Å². The van der Waals surface area contributed by atoms with Gasteiger partial charge in [0.1, 0.15) is 11.6 Å². The molecule has 1 fully saturated rings. The molecule has 1 aromatic carbocycles. The first-order valence-electron chi connectivity index (χ1n) is 12.4. The number of likely N-dealkylation sites (tertiary alicyclic amines) is 1. The van der Waals surface area contributed by atoms with Gasteiger partial charge in [0.25, 0.3) is 0 Å². The Morgan fingerprint density at radius 1 is 1.14 bits per heavy atom. The van der Waals surface area contributed by atoms with Gasteiger partial charge in [0.15, 0.2) is 0 Å². The molecule has 0 atom stereocenters. The maximum atomic E-state index is 12.9. The van der Waals surface area contributed by atoms with Crippen LogP contribution in [0.2, 0.25) is 0 Å². The largest absolute Gasteiger partial charge is 0.507 e. The van der Waals surface area contributed by atoms with Crippen molar-refractivity contribution in [2.24, 2.45) is 5.73 Å². The van der Waals surface area contributed by atoms with Crippen LogP contribution >= 0.6 is 0 Å². The van der Waals surface area contributed by atoms with E-state index in [9.17, 15) is 14.7 Å². The van der Waals surface area contributed by atoms with E-state index in [1.807, 2.05) is 11.9 Å². The Bertz CT molecular complexity index is 1320. The van der Waals surface area contributed by atoms with Gasteiger partial charge in [0.05, 0.1) is 23.8 Å². The molecule has 3 N–H and O–H groups in total. The van der Waals surface area contributed by atoms with Gasteiger partial charge >= 0.3 is 5.69 Å². The number of rotatable bonds is 6. The molecule has 37 heavy (non-hydrogen) atoms. The van der Waals surface area contributed by atoms with Gasteiger partial charge in [-0.3, -0.25) is 14.3 Å². The maximum Gasteiger partial charge on any atom is 0.352 e. The lowest BCUT2D eigenvalue weighted by molar-refractivity contribution is -0.149. The molecular formula is C27H35N7O3. The zero-order chi connectivity index (χ0) is 27.0. The molecule has 0 bridgehead atoms. The van der Waals surface area contributed by atoms with Crippen LogP contribution in [0.4, 0.5) is 5.82 Å². The molecule has 196 valence electrons. The zero-order valence-corrected chi connectivity index (χ0v) is 22.0. The van der Waals surface area contributed by atoms with E-state index < -0.39 is 5.69 Å². The Balaban J connectivity index is 1.54. The SMILES string of the molecule is CN(c1cnc(-c2ccc(-n3cccnc3=O)cc2O)cn1)C1CC(C)(C)N(C(=O)CCN)C(C)(C)C1. The number of phenols is 1. The Hall–Kier alpha value is -3.79. The molecule has 0 radical (unpaired) electrons. The molecule has 0 saturated carbocycles. The van der Waals surface area contributed by atoms with E-state index in [4.69, 9.17) is 5.73 Å². The number of aromatic hydroxyl groups is 1. The fraction of sp³-hybridized carbons (Fsp3) is 0.444. The number of amides is 1. The number of hydrogen-bond acceptors (Lipinski definition) is 8. The summed E-state index contributed by atoms with van der Waals surface area (Å²) in [5.74, 6) is 0.781. The summed E-state index contributed by atoms with van der Waals surface area (Å²) >= 11 is 0. The van der Waals surface area contributed by atoms with E-state index in [2.05, 4.69) is 47.5 Å². The molecule has 1 amide bonds. The average molecular weight is 506 g/mol. The summed E-state index contributed by atoms with van der Waals surface area (Å²) < 4.78 is 1.35. The number of carbonyl (C=O) groups excluding carboxylic acids is 1. The van der Waals surface area contributed by atoms with Crippen LogP contribution in [0.3, 0.4) is 0 Å². The highest BCUT2D eigenvalue weighted by Crippen LogP contribution is 2.41. The van der Waals surface area contributed by atoms with Crippen molar-refractivity contribution in [1.29, 1.82) is 0 Å². The highest BCUT2D eigenvalue weighted by atomic mass is 16.3. The number of aromatic nitrogens is 4. The molecule has 0 spiro atoms. The Kier molecular flexibility index (Phi) is 7.05. The van der Waals surface area contributed by atoms with Gasteiger partial charge in [-0.2, -0.15) is 0 Å². The molecule has 3 heterocycles. The van der Waals surface area contributed by atoms with Gasteiger partial charge in [-0.05, 0) is 58.7 Å². The molecule has 1 aliphatic rings. The molecule has 10 nitrogen and oxygen atoms in total. The molecule has 2 aromatic heterocycles. The first-order chi connectivity index (χ1) is 17.4. The summed E-state index contributed by atoms with van der Waals surface area (Å²) in [5.41, 5.74) is 6.08. The van der Waals surface area contributed by atoms with Crippen molar-refractivity contribution in [2.75, 3.05) is 18.5 Å². The molecule has 3 aromatic rings. The minimum absolute atomic E-state index is 0.0123. The fourth-order valence-corrected chi connectivity index (χ4v) is 5.68. The van der Waals surface area contributed by atoms with Crippen molar-refractivity contribution in [3.05, 3.63) is 59.5 Å². The monoisotopic (exact) mass is 505 g/mol. The summed E-state index contributed by atoms with van der Waals surface area (Å²) in [7, 11) is 2.00. The van der Waals surface area contributed by atoms with E-state index >= 15 is 0 Å². The standard InChI is InChI=1S/C27H35N7O3/c1-26(2)14-19(15-27(3,4)34(26)24(36)9-10-28)32(5)23-17-30-21(16-31-23)20-8-7-18(13-22(20)35)33-12-6-11-29-25(33)37/h6-8,11-13,16-17,19,35H,9-10,14-15,28H2,1-5H3. The van der Waals surface area contributed by atoms with Crippen molar-refractivity contribution in [2.45, 2.75) is 64.1 Å². The highest BCUT2D eigenvalue weighted by Gasteiger charge is 2.48. The molecule has 10 heteroatoms. The second-order valence-electron chi connectivity index (χ2n) is 10.8. The Morgan fingerprint density at radius 3 is 2.41 bits per heavy atom. The lowest BCUT2D eigenvalue weighted by Gasteiger charge is -2.56. The van der Waals surface area contributed by atoms with Gasteiger partial charge in [-0.25, -0.2) is 14.8 Å². The molecular weight excluding hydrogens is 470 g/mol. The number of anilines is 1. The highest BCUT2D eigenvalue weighted by molar-refractivity contribution is 5.78. The van der Waals surface area contributed by atoms with Crippen molar-refractivity contribution in [3.8, 4) is 22.7 Å². The molecule has 0 unspecified atom stereocenters. The second kappa shape index (κ2) is 9.93. The number of carbonyl (C=O) groups is 1. The average Bonchev–Trinajstić information content (AvgIpc) is 2.82. The molecule has 1 aliphatic heterocycles. The van der Waals surface area contributed by atoms with Crippen LogP contribution in [-0.2, 0) is 4.79 Å². The third-order valence-corrected chi connectivity index (χ3v) is 7.08. The summed E-state index contributed by atoms with van der Waals surface area (Å²) in [5, 5.41) is 10.6. The lowest BCUT2D eigenvalue weighted by atomic mass is 9.76. The summed E-state index contributed by atoms with van der Waals surface area (Å²) in [6.45, 7) is 8.74. The van der Waals surface area contributed by atoms with E-state index in [-0.39, 0.29) is 28.8 Å². The van der Waals surface area contributed by atoms with Crippen LogP contribution in [0.15, 0.2) is 53.8 Å². The smallest absolute Gasteiger partial charge is 0.352 e. The Labute approximate surface area is 216 Å². The number of nitrogens with two attached hydrogens (primary N) is 1. The Morgan fingerprint density at radius 2 is 1.84 bits per heavy atom. The number of piperidine rings is 1. The minimum Gasteiger partial charge on any atom is -0.507 e. The van der Waals surface area contributed by atoms with Crippen molar-refractivity contribution in [3.63, 3.8) is 0 Å². The third-order valence-electron chi connectivity index (χ3n) is 7.08.